The van der Waals surface area contributed by atoms with Crippen molar-refractivity contribution in [3.63, 3.8) is 0 Å². The summed E-state index contributed by atoms with van der Waals surface area (Å²) >= 11 is 0. The van der Waals surface area contributed by atoms with E-state index in [1.54, 1.807) is 0 Å². The van der Waals surface area contributed by atoms with Crippen LogP contribution >= 0.6 is 0 Å². The number of H-pyrrole nitrogens is 1. The lowest BCUT2D eigenvalue weighted by Gasteiger charge is -2.12. The van der Waals surface area contributed by atoms with E-state index < -0.39 is 38.7 Å². The monoisotopic (exact) mass is 469 g/mol. The average molecular weight is 469 g/mol. The number of aromatic nitrogens is 3. The molecule has 12 heteroatoms. The number of anilines is 1. The number of fused-ring (bicyclic) bond motifs is 1. The Balaban J connectivity index is 1.74. The number of rotatable bonds is 6. The fourth-order valence-electron chi connectivity index (χ4n) is 3.08. The van der Waals surface area contributed by atoms with Crippen LogP contribution < -0.4 is 9.46 Å². The van der Waals surface area contributed by atoms with Crippen LogP contribution in [0, 0.1) is 23.0 Å². The fraction of sp³-hybridized carbons (Fsp3) is 0.0476. The SMILES string of the molecule is COc1ccc(S(=O)(=O)Nc2ccc(F)c(C(=O)c3c[nH]c4ncc(C#N)cc34)c2F)cn1. The smallest absolute Gasteiger partial charge is 0.263 e. The van der Waals surface area contributed by atoms with Gasteiger partial charge in [-0.05, 0) is 24.3 Å². The van der Waals surface area contributed by atoms with Gasteiger partial charge in [0.1, 0.15) is 22.4 Å². The van der Waals surface area contributed by atoms with Crippen molar-refractivity contribution in [3.8, 4) is 11.9 Å². The summed E-state index contributed by atoms with van der Waals surface area (Å²) in [5.74, 6) is -3.48. The van der Waals surface area contributed by atoms with Gasteiger partial charge in [0.25, 0.3) is 10.0 Å². The summed E-state index contributed by atoms with van der Waals surface area (Å²) in [6, 6.07) is 7.34. The van der Waals surface area contributed by atoms with E-state index in [-0.39, 0.29) is 32.9 Å². The minimum absolute atomic E-state index is 0.133. The summed E-state index contributed by atoms with van der Waals surface area (Å²) in [5, 5.41) is 9.24. The fourth-order valence-corrected chi connectivity index (χ4v) is 4.08. The van der Waals surface area contributed by atoms with E-state index in [1.807, 2.05) is 10.8 Å². The highest BCUT2D eigenvalue weighted by Gasteiger charge is 2.26. The van der Waals surface area contributed by atoms with E-state index in [0.29, 0.717) is 0 Å². The lowest BCUT2D eigenvalue weighted by Crippen LogP contribution is -2.16. The van der Waals surface area contributed by atoms with Crippen LogP contribution in [-0.4, -0.2) is 36.3 Å². The second-order valence-corrected chi connectivity index (χ2v) is 8.37. The molecule has 0 saturated carbocycles. The molecule has 9 nitrogen and oxygen atoms in total. The Kier molecular flexibility index (Phi) is 5.49. The second kappa shape index (κ2) is 8.29. The zero-order chi connectivity index (χ0) is 23.8. The standard InChI is InChI=1S/C21H13F2N5O4S/c1-32-17-5-2-12(9-25-17)33(30,31)28-16-4-3-15(22)18(19(16)23)20(29)14-10-27-21-13(14)6-11(7-24)8-26-21/h2-6,8-10,28H,1H3,(H,26,27). The van der Waals surface area contributed by atoms with Gasteiger partial charge in [-0.2, -0.15) is 5.26 Å². The van der Waals surface area contributed by atoms with Gasteiger partial charge in [-0.15, -0.1) is 0 Å². The highest BCUT2D eigenvalue weighted by molar-refractivity contribution is 7.92. The van der Waals surface area contributed by atoms with Crippen molar-refractivity contribution >= 4 is 32.5 Å². The Hall–Kier alpha value is -4.37. The normalized spacial score (nSPS) is 11.2. The molecule has 3 aromatic heterocycles. The molecule has 0 spiro atoms. The van der Waals surface area contributed by atoms with Gasteiger partial charge in [-0.3, -0.25) is 9.52 Å². The van der Waals surface area contributed by atoms with Gasteiger partial charge in [0.15, 0.2) is 5.82 Å². The van der Waals surface area contributed by atoms with Gasteiger partial charge in [0, 0.05) is 29.4 Å². The van der Waals surface area contributed by atoms with E-state index in [0.717, 1.165) is 18.3 Å². The molecule has 2 N–H and O–H groups in total. The number of benzene rings is 1. The first-order valence-corrected chi connectivity index (χ1v) is 10.7. The number of nitrogens with zero attached hydrogens (tertiary/aromatic N) is 3. The Morgan fingerprint density at radius 2 is 1.97 bits per heavy atom. The molecule has 0 unspecified atom stereocenters. The van der Waals surface area contributed by atoms with Crippen LogP contribution in [0.4, 0.5) is 14.5 Å². The van der Waals surface area contributed by atoms with E-state index in [4.69, 9.17) is 10.00 Å². The lowest BCUT2D eigenvalue weighted by molar-refractivity contribution is 0.103. The zero-order valence-electron chi connectivity index (χ0n) is 16.8. The maximum absolute atomic E-state index is 15.2. The number of sulfonamides is 1. The minimum atomic E-state index is -4.31. The number of carbonyl (C=O) groups excluding carboxylic acids is 1. The van der Waals surface area contributed by atoms with Crippen molar-refractivity contribution in [2.24, 2.45) is 0 Å². The van der Waals surface area contributed by atoms with Crippen molar-refractivity contribution in [2.45, 2.75) is 4.90 Å². The summed E-state index contributed by atoms with van der Waals surface area (Å²) in [6.07, 6.45) is 3.48. The topological polar surface area (TPSA) is 138 Å². The molecular weight excluding hydrogens is 456 g/mol. The van der Waals surface area contributed by atoms with Crippen molar-refractivity contribution in [1.82, 2.24) is 15.0 Å². The molecule has 1 aromatic carbocycles. The number of methoxy groups -OCH3 is 1. The number of hydrogen-bond acceptors (Lipinski definition) is 7. The number of nitrogens with one attached hydrogen (secondary N) is 2. The summed E-state index contributed by atoms with van der Waals surface area (Å²) in [4.78, 5) is 23.2. The Morgan fingerprint density at radius 3 is 2.64 bits per heavy atom. The van der Waals surface area contributed by atoms with Crippen molar-refractivity contribution < 1.29 is 26.7 Å². The van der Waals surface area contributed by atoms with Gasteiger partial charge in [0.05, 0.1) is 30.1 Å². The molecule has 0 aliphatic carbocycles. The molecule has 33 heavy (non-hydrogen) atoms. The van der Waals surface area contributed by atoms with Gasteiger partial charge in [-0.1, -0.05) is 0 Å². The minimum Gasteiger partial charge on any atom is -0.481 e. The number of ether oxygens (including phenoxy) is 1. The number of nitriles is 1. The predicted octanol–water partition coefficient (Wildman–Crippen LogP) is 3.15. The van der Waals surface area contributed by atoms with Crippen LogP contribution in [0.25, 0.3) is 11.0 Å². The molecule has 4 aromatic rings. The van der Waals surface area contributed by atoms with Gasteiger partial charge in [0.2, 0.25) is 11.7 Å². The third-order valence-electron chi connectivity index (χ3n) is 4.70. The number of hydrogen-bond donors (Lipinski definition) is 2. The van der Waals surface area contributed by atoms with Crippen molar-refractivity contribution in [3.05, 3.63) is 77.2 Å². The Bertz CT molecular complexity index is 1540. The molecule has 166 valence electrons. The number of pyridine rings is 2. The van der Waals surface area contributed by atoms with E-state index in [2.05, 4.69) is 15.0 Å². The molecule has 0 saturated heterocycles. The van der Waals surface area contributed by atoms with Crippen LogP contribution in [0.5, 0.6) is 5.88 Å². The molecule has 0 aliphatic rings. The van der Waals surface area contributed by atoms with E-state index >= 15 is 4.39 Å². The van der Waals surface area contributed by atoms with Crippen LogP contribution in [0.3, 0.4) is 0 Å². The molecular formula is C21H13F2N5O4S. The van der Waals surface area contributed by atoms with Crippen molar-refractivity contribution in [2.75, 3.05) is 11.8 Å². The predicted molar refractivity (Wildman–Crippen MR) is 112 cm³/mol. The average Bonchev–Trinajstić information content (AvgIpc) is 3.24. The van der Waals surface area contributed by atoms with E-state index in [9.17, 15) is 17.6 Å². The van der Waals surface area contributed by atoms with Gasteiger partial charge >= 0.3 is 0 Å². The first-order valence-electron chi connectivity index (χ1n) is 9.18. The quantitative estimate of drug-likeness (QED) is 0.414. The molecule has 0 radical (unpaired) electrons. The molecule has 3 heterocycles. The van der Waals surface area contributed by atoms with Gasteiger partial charge < -0.3 is 9.72 Å². The maximum atomic E-state index is 15.2. The first kappa shape index (κ1) is 21.8. The Morgan fingerprint density at radius 1 is 1.18 bits per heavy atom. The molecule has 0 bridgehead atoms. The third kappa shape index (κ3) is 3.97. The molecule has 0 atom stereocenters. The summed E-state index contributed by atoms with van der Waals surface area (Å²) in [7, 11) is -2.95. The largest absolute Gasteiger partial charge is 0.481 e. The lowest BCUT2D eigenvalue weighted by atomic mass is 10.0. The van der Waals surface area contributed by atoms with Crippen molar-refractivity contribution in [1.29, 1.82) is 5.26 Å². The number of ketones is 1. The summed E-state index contributed by atoms with van der Waals surface area (Å²) in [5.41, 5.74) is -1.35. The van der Waals surface area contributed by atoms with Gasteiger partial charge in [-0.25, -0.2) is 27.2 Å². The number of halogens is 2. The van der Waals surface area contributed by atoms with Crippen LogP contribution in [0.1, 0.15) is 21.5 Å². The molecule has 0 fully saturated rings. The third-order valence-corrected chi connectivity index (χ3v) is 6.05. The second-order valence-electron chi connectivity index (χ2n) is 6.69. The van der Waals surface area contributed by atoms with Crippen LogP contribution in [0.2, 0.25) is 0 Å². The number of aromatic amines is 1. The first-order chi connectivity index (χ1) is 15.7. The molecule has 0 aliphatic heterocycles. The summed E-state index contributed by atoms with van der Waals surface area (Å²) < 4.78 is 61.8. The van der Waals surface area contributed by atoms with Crippen LogP contribution in [-0.2, 0) is 10.0 Å². The van der Waals surface area contributed by atoms with E-state index in [1.165, 1.54) is 37.7 Å². The molecule has 4 rings (SSSR count). The summed E-state index contributed by atoms with van der Waals surface area (Å²) in [6.45, 7) is 0. The molecule has 0 amide bonds. The zero-order valence-corrected chi connectivity index (χ0v) is 17.6. The van der Waals surface area contributed by atoms with Crippen LogP contribution in [0.15, 0.2) is 53.8 Å². The maximum Gasteiger partial charge on any atom is 0.263 e. The highest BCUT2D eigenvalue weighted by Crippen LogP contribution is 2.28. The Labute approximate surface area is 185 Å². The highest BCUT2D eigenvalue weighted by atomic mass is 32.2. The number of carbonyl (C=O) groups is 1.